The van der Waals surface area contributed by atoms with Gasteiger partial charge in [0, 0.05) is 5.56 Å². The van der Waals surface area contributed by atoms with Crippen LogP contribution in [0.5, 0.6) is 0 Å². The number of carboxylic acid groups (broad SMARTS) is 1. The second kappa shape index (κ2) is 12.8. The van der Waals surface area contributed by atoms with Crippen LogP contribution in [0.4, 0.5) is 0 Å². The molecule has 5 heteroatoms. The molecule has 2 N–H and O–H groups in total. The number of carbonyl (C=O) groups is 2. The maximum absolute atomic E-state index is 13.3. The highest BCUT2D eigenvalue weighted by Gasteiger charge is 2.23. The summed E-state index contributed by atoms with van der Waals surface area (Å²) in [4.78, 5) is 25.0. The number of allylic oxidation sites excluding steroid dienone is 1. The Bertz CT molecular complexity index is 1260. The largest absolute Gasteiger partial charge is 0.480 e. The van der Waals surface area contributed by atoms with Gasteiger partial charge in [0.15, 0.2) is 0 Å². The van der Waals surface area contributed by atoms with Crippen LogP contribution in [-0.4, -0.2) is 35.0 Å². The first kappa shape index (κ1) is 26.7. The lowest BCUT2D eigenvalue weighted by atomic mass is 9.81. The van der Waals surface area contributed by atoms with Crippen LogP contribution in [0, 0.1) is 6.92 Å². The number of thioether (sulfide) groups is 1. The molecule has 37 heavy (non-hydrogen) atoms. The van der Waals surface area contributed by atoms with Gasteiger partial charge >= 0.3 is 5.97 Å². The number of aryl methyl sites for hydroxylation is 1. The lowest BCUT2D eigenvalue weighted by Gasteiger charge is -2.24. The van der Waals surface area contributed by atoms with Gasteiger partial charge in [0.1, 0.15) is 6.04 Å². The van der Waals surface area contributed by atoms with Crippen LogP contribution in [0.25, 0.3) is 17.2 Å². The molecule has 1 atom stereocenters. The van der Waals surface area contributed by atoms with E-state index < -0.39 is 12.0 Å². The number of aliphatic carboxylic acids is 1. The molecule has 3 aromatic carbocycles. The average Bonchev–Trinajstić information content (AvgIpc) is 2.92. The topological polar surface area (TPSA) is 66.4 Å². The molecule has 1 aliphatic rings. The van der Waals surface area contributed by atoms with Crippen LogP contribution in [0.15, 0.2) is 78.4 Å². The van der Waals surface area contributed by atoms with Crippen molar-refractivity contribution >= 4 is 29.7 Å². The molecule has 4 nitrogen and oxygen atoms in total. The molecule has 0 heterocycles. The summed E-state index contributed by atoms with van der Waals surface area (Å²) >= 11 is 1.57. The Hall–Kier alpha value is -3.31. The molecule has 1 fully saturated rings. The maximum Gasteiger partial charge on any atom is 0.326 e. The molecule has 1 amide bonds. The van der Waals surface area contributed by atoms with E-state index in [4.69, 9.17) is 0 Å². The van der Waals surface area contributed by atoms with Gasteiger partial charge in [-0.15, -0.1) is 0 Å². The number of nitrogens with one attached hydrogen (secondary N) is 1. The SMILES string of the molecule is CSCC[C@H](NC(=O)c1ccc(C=C2CCC(c3ccccc3)CC2)cc1-c1ccccc1C)C(=O)O. The number of hydrogen-bond donors (Lipinski definition) is 2. The van der Waals surface area contributed by atoms with E-state index in [0.29, 0.717) is 23.7 Å². The van der Waals surface area contributed by atoms with Crippen LogP contribution in [0.1, 0.15) is 65.1 Å². The van der Waals surface area contributed by atoms with Crippen molar-refractivity contribution in [1.29, 1.82) is 0 Å². The monoisotopic (exact) mass is 513 g/mol. The van der Waals surface area contributed by atoms with Gasteiger partial charge in [-0.2, -0.15) is 11.8 Å². The van der Waals surface area contributed by atoms with Gasteiger partial charge in [-0.05, 0) is 96.9 Å². The minimum atomic E-state index is -1.01. The van der Waals surface area contributed by atoms with E-state index >= 15 is 0 Å². The van der Waals surface area contributed by atoms with Crippen molar-refractivity contribution in [3.8, 4) is 11.1 Å². The number of hydrogen-bond acceptors (Lipinski definition) is 3. The average molecular weight is 514 g/mol. The van der Waals surface area contributed by atoms with Crippen LogP contribution in [0.2, 0.25) is 0 Å². The fraction of sp³-hybridized carbons (Fsp3) is 0.312. The van der Waals surface area contributed by atoms with Gasteiger partial charge in [-0.3, -0.25) is 4.79 Å². The van der Waals surface area contributed by atoms with E-state index in [1.807, 2.05) is 49.6 Å². The Kier molecular flexibility index (Phi) is 9.24. The van der Waals surface area contributed by atoms with Crippen molar-refractivity contribution in [2.24, 2.45) is 0 Å². The van der Waals surface area contributed by atoms with Crippen LogP contribution >= 0.6 is 11.8 Å². The van der Waals surface area contributed by atoms with Crippen molar-refractivity contribution in [3.05, 3.63) is 101 Å². The second-order valence-corrected chi connectivity index (χ2v) is 10.7. The van der Waals surface area contributed by atoms with E-state index in [1.165, 1.54) is 11.1 Å². The minimum absolute atomic E-state index is 0.352. The van der Waals surface area contributed by atoms with Gasteiger partial charge in [-0.1, -0.05) is 72.3 Å². The van der Waals surface area contributed by atoms with Gasteiger partial charge in [0.05, 0.1) is 0 Å². The summed E-state index contributed by atoms with van der Waals surface area (Å²) in [7, 11) is 0. The quantitative estimate of drug-likeness (QED) is 0.314. The van der Waals surface area contributed by atoms with Crippen molar-refractivity contribution in [2.45, 2.75) is 51.0 Å². The zero-order chi connectivity index (χ0) is 26.2. The predicted octanol–water partition coefficient (Wildman–Crippen LogP) is 7.34. The Morgan fingerprint density at radius 1 is 1.00 bits per heavy atom. The molecule has 0 radical (unpaired) electrons. The summed E-state index contributed by atoms with van der Waals surface area (Å²) in [6.45, 7) is 2.03. The van der Waals surface area contributed by atoms with Crippen LogP contribution in [0.3, 0.4) is 0 Å². The minimum Gasteiger partial charge on any atom is -0.480 e. The highest BCUT2D eigenvalue weighted by Crippen LogP contribution is 2.37. The van der Waals surface area contributed by atoms with Crippen molar-refractivity contribution in [2.75, 3.05) is 12.0 Å². The summed E-state index contributed by atoms with van der Waals surface area (Å²) in [5.41, 5.74) is 7.31. The van der Waals surface area contributed by atoms with E-state index in [9.17, 15) is 14.7 Å². The number of carboxylic acids is 1. The molecule has 1 aliphatic carbocycles. The molecule has 0 saturated heterocycles. The third-order valence-corrected chi connectivity index (χ3v) is 7.85. The maximum atomic E-state index is 13.3. The molecule has 0 bridgehead atoms. The molecule has 0 spiro atoms. The van der Waals surface area contributed by atoms with Crippen LogP contribution in [-0.2, 0) is 4.79 Å². The summed E-state index contributed by atoms with van der Waals surface area (Å²) in [5, 5.41) is 12.4. The summed E-state index contributed by atoms with van der Waals surface area (Å²) < 4.78 is 0. The fourth-order valence-electron chi connectivity index (χ4n) is 5.10. The van der Waals surface area contributed by atoms with Crippen LogP contribution < -0.4 is 5.32 Å². The van der Waals surface area contributed by atoms with E-state index in [1.54, 1.807) is 11.8 Å². The molecular formula is C32H35NO3S. The predicted molar refractivity (Wildman–Crippen MR) is 154 cm³/mol. The number of benzene rings is 3. The van der Waals surface area contributed by atoms with Gasteiger partial charge in [0.25, 0.3) is 5.91 Å². The summed E-state index contributed by atoms with van der Waals surface area (Å²) in [5.74, 6) is -0.0821. The van der Waals surface area contributed by atoms with Gasteiger partial charge < -0.3 is 10.4 Å². The van der Waals surface area contributed by atoms with Crippen molar-refractivity contribution in [3.63, 3.8) is 0 Å². The third kappa shape index (κ3) is 6.92. The molecule has 0 unspecified atom stereocenters. The molecule has 1 saturated carbocycles. The Labute approximate surface area is 224 Å². The van der Waals surface area contributed by atoms with E-state index in [0.717, 1.165) is 47.9 Å². The molecule has 0 aliphatic heterocycles. The smallest absolute Gasteiger partial charge is 0.326 e. The van der Waals surface area contributed by atoms with Crippen molar-refractivity contribution < 1.29 is 14.7 Å². The van der Waals surface area contributed by atoms with E-state index in [2.05, 4.69) is 47.8 Å². The second-order valence-electron chi connectivity index (χ2n) is 9.75. The summed E-state index contributed by atoms with van der Waals surface area (Å²) in [6, 6.07) is 23.8. The van der Waals surface area contributed by atoms with Gasteiger partial charge in [0.2, 0.25) is 0 Å². The van der Waals surface area contributed by atoms with E-state index in [-0.39, 0.29) is 5.91 Å². The first-order valence-electron chi connectivity index (χ1n) is 12.9. The molecule has 4 rings (SSSR count). The normalized spacial score (nSPS) is 16.2. The highest BCUT2D eigenvalue weighted by atomic mass is 32.2. The zero-order valence-corrected chi connectivity index (χ0v) is 22.4. The number of carbonyl (C=O) groups excluding carboxylic acids is 1. The molecular weight excluding hydrogens is 478 g/mol. The van der Waals surface area contributed by atoms with Gasteiger partial charge in [-0.25, -0.2) is 4.79 Å². The standard InChI is InChI=1S/C32H35NO3S/c1-22-8-6-7-11-27(22)29-21-24(14-17-28(29)31(34)33-30(32(35)36)18-19-37-2)20-23-12-15-26(16-13-23)25-9-4-3-5-10-25/h3-11,14,17,20-21,26,30H,12-13,15-16,18-19H2,1-2H3,(H,33,34)(H,35,36)/t26?,30-/m0/s1. The summed E-state index contributed by atoms with van der Waals surface area (Å²) in [6.07, 6.45) is 9.01. The Morgan fingerprint density at radius 2 is 1.70 bits per heavy atom. The number of amides is 1. The first-order valence-corrected chi connectivity index (χ1v) is 14.3. The Morgan fingerprint density at radius 3 is 2.38 bits per heavy atom. The Balaban J connectivity index is 1.59. The molecule has 0 aromatic heterocycles. The number of rotatable bonds is 9. The first-order chi connectivity index (χ1) is 18.0. The molecule has 3 aromatic rings. The van der Waals surface area contributed by atoms with Crippen molar-refractivity contribution in [1.82, 2.24) is 5.32 Å². The molecule has 192 valence electrons. The third-order valence-electron chi connectivity index (χ3n) is 7.21. The lowest BCUT2D eigenvalue weighted by Crippen LogP contribution is -2.41. The zero-order valence-electron chi connectivity index (χ0n) is 21.6. The fourth-order valence-corrected chi connectivity index (χ4v) is 5.58. The lowest BCUT2D eigenvalue weighted by molar-refractivity contribution is -0.139. The highest BCUT2D eigenvalue weighted by molar-refractivity contribution is 7.98.